The molecular formula is C14H18BrN. The van der Waals surface area contributed by atoms with Crippen molar-refractivity contribution < 1.29 is 0 Å². The molecule has 1 spiro atoms. The van der Waals surface area contributed by atoms with Gasteiger partial charge >= 0.3 is 0 Å². The molecule has 0 bridgehead atoms. The summed E-state index contributed by atoms with van der Waals surface area (Å²) in [5, 5.41) is 3.38. The van der Waals surface area contributed by atoms with Crippen molar-refractivity contribution >= 4 is 15.9 Å². The molecule has 2 aliphatic rings. The Morgan fingerprint density at radius 3 is 2.50 bits per heavy atom. The molecule has 3 rings (SSSR count). The molecule has 16 heavy (non-hydrogen) atoms. The maximum atomic E-state index is 3.71. The summed E-state index contributed by atoms with van der Waals surface area (Å²) in [4.78, 5) is 0. The fourth-order valence-electron chi connectivity index (χ4n) is 3.55. The molecule has 1 aromatic carbocycles. The minimum absolute atomic E-state index is 0.394. The second kappa shape index (κ2) is 3.58. The Labute approximate surface area is 106 Å². The molecule has 1 aromatic rings. The average Bonchev–Trinajstić information content (AvgIpc) is 2.98. The zero-order chi connectivity index (χ0) is 11.2. The Hall–Kier alpha value is -0.340. The van der Waals surface area contributed by atoms with E-state index in [2.05, 4.69) is 52.6 Å². The first-order valence-corrected chi connectivity index (χ1v) is 6.89. The smallest absolute Gasteiger partial charge is 0.0213 e. The fraction of sp³-hybridized carbons (Fsp3) is 0.571. The van der Waals surface area contributed by atoms with Crippen LogP contribution in [-0.4, -0.2) is 13.6 Å². The Morgan fingerprint density at radius 2 is 1.94 bits per heavy atom. The van der Waals surface area contributed by atoms with E-state index < -0.39 is 0 Å². The van der Waals surface area contributed by atoms with Crippen molar-refractivity contribution in [2.24, 2.45) is 5.41 Å². The number of hydrogen-bond acceptors (Lipinski definition) is 1. The fourth-order valence-corrected chi connectivity index (χ4v) is 4.26. The van der Waals surface area contributed by atoms with Crippen LogP contribution in [0, 0.1) is 5.41 Å². The van der Waals surface area contributed by atoms with Crippen LogP contribution in [0.25, 0.3) is 0 Å². The molecule has 0 aliphatic heterocycles. The van der Waals surface area contributed by atoms with Gasteiger partial charge in [-0.15, -0.1) is 0 Å². The lowest BCUT2D eigenvalue weighted by molar-refractivity contribution is 0.118. The SMILES string of the molecule is CNCC1(c2ccccc2Br)CC2(CC2)C1. The molecule has 2 saturated carbocycles. The van der Waals surface area contributed by atoms with E-state index in [-0.39, 0.29) is 0 Å². The molecule has 0 radical (unpaired) electrons. The average molecular weight is 280 g/mol. The number of likely N-dealkylation sites (N-methyl/N-ethyl adjacent to an activating group) is 1. The van der Waals surface area contributed by atoms with E-state index >= 15 is 0 Å². The lowest BCUT2D eigenvalue weighted by Gasteiger charge is -2.50. The third kappa shape index (κ3) is 1.54. The zero-order valence-electron chi connectivity index (χ0n) is 9.72. The molecule has 1 nitrogen and oxygen atoms in total. The molecule has 86 valence electrons. The quantitative estimate of drug-likeness (QED) is 0.893. The van der Waals surface area contributed by atoms with Crippen LogP contribution in [-0.2, 0) is 5.41 Å². The highest BCUT2D eigenvalue weighted by Gasteiger charge is 2.61. The Bertz CT molecular complexity index is 401. The second-order valence-corrected chi connectivity index (χ2v) is 6.50. The van der Waals surface area contributed by atoms with Crippen molar-refractivity contribution in [3.63, 3.8) is 0 Å². The van der Waals surface area contributed by atoms with Gasteiger partial charge in [0.15, 0.2) is 0 Å². The van der Waals surface area contributed by atoms with Crippen LogP contribution in [0.4, 0.5) is 0 Å². The molecule has 0 heterocycles. The van der Waals surface area contributed by atoms with Crippen LogP contribution in [0.5, 0.6) is 0 Å². The van der Waals surface area contributed by atoms with Crippen molar-refractivity contribution in [1.29, 1.82) is 0 Å². The van der Waals surface area contributed by atoms with Crippen LogP contribution in [0.1, 0.15) is 31.2 Å². The number of halogens is 1. The van der Waals surface area contributed by atoms with E-state index in [1.54, 1.807) is 0 Å². The number of benzene rings is 1. The summed E-state index contributed by atoms with van der Waals surface area (Å²) >= 11 is 3.71. The van der Waals surface area contributed by atoms with Gasteiger partial charge < -0.3 is 5.32 Å². The molecule has 0 atom stereocenters. The maximum Gasteiger partial charge on any atom is 0.0213 e. The molecule has 0 saturated heterocycles. The summed E-state index contributed by atoms with van der Waals surface area (Å²) in [7, 11) is 2.07. The van der Waals surface area contributed by atoms with Gasteiger partial charge in [0.2, 0.25) is 0 Å². The highest BCUT2D eigenvalue weighted by atomic mass is 79.9. The van der Waals surface area contributed by atoms with Gasteiger partial charge in [0, 0.05) is 16.4 Å². The highest BCUT2D eigenvalue weighted by molar-refractivity contribution is 9.10. The molecule has 0 unspecified atom stereocenters. The summed E-state index contributed by atoms with van der Waals surface area (Å²) < 4.78 is 1.28. The Kier molecular flexibility index (Phi) is 2.41. The van der Waals surface area contributed by atoms with E-state index in [4.69, 9.17) is 0 Å². The third-order valence-corrected chi connectivity index (χ3v) is 5.04. The molecule has 0 aromatic heterocycles. The van der Waals surface area contributed by atoms with E-state index in [0.29, 0.717) is 5.41 Å². The van der Waals surface area contributed by atoms with Crippen LogP contribution in [0.2, 0.25) is 0 Å². The second-order valence-electron chi connectivity index (χ2n) is 5.64. The highest BCUT2D eigenvalue weighted by Crippen LogP contribution is 2.69. The minimum atomic E-state index is 0.394. The minimum Gasteiger partial charge on any atom is -0.319 e. The summed E-state index contributed by atoms with van der Waals surface area (Å²) in [5.41, 5.74) is 2.64. The van der Waals surface area contributed by atoms with Crippen LogP contribution in [0.3, 0.4) is 0 Å². The Morgan fingerprint density at radius 1 is 1.25 bits per heavy atom. The van der Waals surface area contributed by atoms with Crippen molar-refractivity contribution in [3.05, 3.63) is 34.3 Å². The molecule has 0 amide bonds. The summed E-state index contributed by atoms with van der Waals surface area (Å²) in [5.74, 6) is 0. The first-order valence-electron chi connectivity index (χ1n) is 6.09. The van der Waals surface area contributed by atoms with Gasteiger partial charge in [-0.05, 0) is 49.8 Å². The van der Waals surface area contributed by atoms with E-state index in [1.165, 1.54) is 35.7 Å². The summed E-state index contributed by atoms with van der Waals surface area (Å²) in [6.07, 6.45) is 5.68. The van der Waals surface area contributed by atoms with Crippen molar-refractivity contribution in [3.8, 4) is 0 Å². The molecule has 1 N–H and O–H groups in total. The number of hydrogen-bond donors (Lipinski definition) is 1. The van der Waals surface area contributed by atoms with E-state index in [0.717, 1.165) is 12.0 Å². The van der Waals surface area contributed by atoms with Gasteiger partial charge in [0.05, 0.1) is 0 Å². The first kappa shape index (κ1) is 10.8. The van der Waals surface area contributed by atoms with Crippen molar-refractivity contribution in [2.75, 3.05) is 13.6 Å². The van der Waals surface area contributed by atoms with E-state index in [9.17, 15) is 0 Å². The Balaban J connectivity index is 1.92. The van der Waals surface area contributed by atoms with Crippen LogP contribution >= 0.6 is 15.9 Å². The van der Waals surface area contributed by atoms with Gasteiger partial charge in [-0.3, -0.25) is 0 Å². The lowest BCUT2D eigenvalue weighted by Crippen LogP contribution is -2.49. The van der Waals surface area contributed by atoms with Gasteiger partial charge in [-0.1, -0.05) is 34.1 Å². The van der Waals surface area contributed by atoms with Gasteiger partial charge in [0.1, 0.15) is 0 Å². The maximum absolute atomic E-state index is 3.71. The van der Waals surface area contributed by atoms with E-state index in [1.807, 2.05) is 0 Å². The molecular weight excluding hydrogens is 262 g/mol. The molecule has 2 fully saturated rings. The molecule has 2 heteroatoms. The first-order chi connectivity index (χ1) is 7.70. The van der Waals surface area contributed by atoms with Gasteiger partial charge in [-0.25, -0.2) is 0 Å². The monoisotopic (exact) mass is 279 g/mol. The topological polar surface area (TPSA) is 12.0 Å². The predicted molar refractivity (Wildman–Crippen MR) is 70.6 cm³/mol. The third-order valence-electron chi connectivity index (χ3n) is 4.34. The summed E-state index contributed by atoms with van der Waals surface area (Å²) in [6, 6.07) is 8.73. The lowest BCUT2D eigenvalue weighted by atomic mass is 9.56. The van der Waals surface area contributed by atoms with Gasteiger partial charge in [-0.2, -0.15) is 0 Å². The predicted octanol–water partition coefficient (Wildman–Crippen LogP) is 3.48. The normalized spacial score (nSPS) is 24.1. The number of rotatable bonds is 3. The molecule has 2 aliphatic carbocycles. The van der Waals surface area contributed by atoms with Crippen LogP contribution < -0.4 is 5.32 Å². The largest absolute Gasteiger partial charge is 0.319 e. The summed E-state index contributed by atoms with van der Waals surface area (Å²) in [6.45, 7) is 1.11. The number of nitrogens with one attached hydrogen (secondary N) is 1. The van der Waals surface area contributed by atoms with Gasteiger partial charge in [0.25, 0.3) is 0 Å². The van der Waals surface area contributed by atoms with Crippen molar-refractivity contribution in [2.45, 2.75) is 31.1 Å². The van der Waals surface area contributed by atoms with Crippen molar-refractivity contribution in [1.82, 2.24) is 5.32 Å². The van der Waals surface area contributed by atoms with Crippen LogP contribution in [0.15, 0.2) is 28.7 Å². The standard InChI is InChI=1S/C14H18BrN/c1-16-10-14(8-13(9-14)6-7-13)11-4-2-3-5-12(11)15/h2-5,16H,6-10H2,1H3. The zero-order valence-corrected chi connectivity index (χ0v) is 11.3.